The summed E-state index contributed by atoms with van der Waals surface area (Å²) in [5, 5.41) is 0. The number of aryl methyl sites for hydroxylation is 1. The Bertz CT molecular complexity index is 822. The number of hydrogen-bond acceptors (Lipinski definition) is 3. The maximum atomic E-state index is 13.5. The van der Waals surface area contributed by atoms with Gasteiger partial charge in [0, 0.05) is 45.0 Å². The number of nitrogens with zero attached hydrogens (tertiary/aromatic N) is 3. The number of piperidine rings is 1. The molecule has 1 aliphatic rings. The van der Waals surface area contributed by atoms with E-state index in [0.717, 1.165) is 36.9 Å². The van der Waals surface area contributed by atoms with Crippen molar-refractivity contribution >= 4 is 11.8 Å². The van der Waals surface area contributed by atoms with E-state index in [1.807, 2.05) is 47.2 Å². The van der Waals surface area contributed by atoms with Crippen LogP contribution in [-0.2, 0) is 22.7 Å². The molecule has 0 spiro atoms. The number of rotatable bonds is 7. The summed E-state index contributed by atoms with van der Waals surface area (Å²) in [4.78, 5) is 33.9. The molecule has 0 N–H and O–H groups in total. The van der Waals surface area contributed by atoms with Crippen molar-refractivity contribution in [2.75, 3.05) is 13.1 Å². The van der Waals surface area contributed by atoms with Gasteiger partial charge >= 0.3 is 0 Å². The van der Waals surface area contributed by atoms with E-state index in [2.05, 4.69) is 24.0 Å². The molecule has 0 radical (unpaired) electrons. The first kappa shape index (κ1) is 21.0. The Labute approximate surface area is 173 Å². The lowest BCUT2D eigenvalue weighted by atomic mass is 9.95. The molecule has 1 saturated heterocycles. The molecular weight excluding hydrogens is 362 g/mol. The number of amides is 2. The number of carbonyl (C=O) groups is 2. The molecule has 1 fully saturated rings. The molecule has 5 heteroatoms. The largest absolute Gasteiger partial charge is 0.342 e. The van der Waals surface area contributed by atoms with Crippen molar-refractivity contribution in [3.63, 3.8) is 0 Å². The highest BCUT2D eigenvalue weighted by molar-refractivity contribution is 5.81. The lowest BCUT2D eigenvalue weighted by Gasteiger charge is -2.35. The molecule has 2 amide bonds. The van der Waals surface area contributed by atoms with Crippen LogP contribution in [0.15, 0.2) is 48.8 Å². The Hall–Kier alpha value is -2.69. The van der Waals surface area contributed by atoms with Crippen LogP contribution in [-0.4, -0.2) is 39.7 Å². The Morgan fingerprint density at radius 1 is 1.17 bits per heavy atom. The Morgan fingerprint density at radius 2 is 2.00 bits per heavy atom. The zero-order valence-corrected chi connectivity index (χ0v) is 17.5. The molecule has 3 rings (SSSR count). The smallest absolute Gasteiger partial charge is 0.228 e. The van der Waals surface area contributed by atoms with Crippen LogP contribution in [0.4, 0.5) is 0 Å². The molecule has 2 aromatic rings. The van der Waals surface area contributed by atoms with Crippen molar-refractivity contribution in [1.82, 2.24) is 14.8 Å². The predicted molar refractivity (Wildman–Crippen MR) is 114 cm³/mol. The van der Waals surface area contributed by atoms with Crippen LogP contribution in [0.3, 0.4) is 0 Å². The molecule has 154 valence electrons. The number of aromatic nitrogens is 1. The third-order valence-corrected chi connectivity index (χ3v) is 5.62. The minimum Gasteiger partial charge on any atom is -0.342 e. The van der Waals surface area contributed by atoms with Gasteiger partial charge in [0.05, 0.1) is 5.92 Å². The minimum atomic E-state index is -0.134. The number of benzene rings is 1. The SMILES string of the molecule is CCCC(=O)N1CCCC(C(=O)N(Cc2cccnc2)Cc2ccccc2C)C1. The average Bonchev–Trinajstić information content (AvgIpc) is 2.75. The van der Waals surface area contributed by atoms with Gasteiger partial charge in [-0.3, -0.25) is 14.6 Å². The number of carbonyl (C=O) groups excluding carboxylic acids is 2. The van der Waals surface area contributed by atoms with Gasteiger partial charge in [-0.05, 0) is 48.9 Å². The van der Waals surface area contributed by atoms with Crippen molar-refractivity contribution in [3.05, 3.63) is 65.5 Å². The van der Waals surface area contributed by atoms with Crippen molar-refractivity contribution < 1.29 is 9.59 Å². The molecule has 0 bridgehead atoms. The lowest BCUT2D eigenvalue weighted by Crippen LogP contribution is -2.46. The van der Waals surface area contributed by atoms with E-state index in [4.69, 9.17) is 0 Å². The van der Waals surface area contributed by atoms with Crippen LogP contribution in [0.25, 0.3) is 0 Å². The van der Waals surface area contributed by atoms with Gasteiger partial charge in [-0.25, -0.2) is 0 Å². The highest BCUT2D eigenvalue weighted by Crippen LogP contribution is 2.23. The molecule has 1 unspecified atom stereocenters. The van der Waals surface area contributed by atoms with Gasteiger partial charge in [-0.15, -0.1) is 0 Å². The Kier molecular flexibility index (Phi) is 7.39. The molecule has 0 saturated carbocycles. The number of likely N-dealkylation sites (tertiary alicyclic amines) is 1. The second kappa shape index (κ2) is 10.2. The maximum Gasteiger partial charge on any atom is 0.228 e. The van der Waals surface area contributed by atoms with E-state index in [1.54, 1.807) is 6.20 Å². The molecule has 1 aromatic carbocycles. The van der Waals surface area contributed by atoms with E-state index < -0.39 is 0 Å². The summed E-state index contributed by atoms with van der Waals surface area (Å²) in [7, 11) is 0. The third-order valence-electron chi connectivity index (χ3n) is 5.62. The summed E-state index contributed by atoms with van der Waals surface area (Å²) >= 11 is 0. The van der Waals surface area contributed by atoms with Crippen molar-refractivity contribution in [1.29, 1.82) is 0 Å². The summed E-state index contributed by atoms with van der Waals surface area (Å²) in [5.74, 6) is 0.166. The summed E-state index contributed by atoms with van der Waals surface area (Å²) in [6.45, 7) is 6.49. The average molecular weight is 394 g/mol. The van der Waals surface area contributed by atoms with Crippen LogP contribution in [0.5, 0.6) is 0 Å². The predicted octanol–water partition coefficient (Wildman–Crippen LogP) is 3.96. The lowest BCUT2D eigenvalue weighted by molar-refractivity contribution is -0.141. The van der Waals surface area contributed by atoms with Crippen molar-refractivity contribution in [3.8, 4) is 0 Å². The first-order valence-corrected chi connectivity index (χ1v) is 10.6. The van der Waals surface area contributed by atoms with E-state index in [-0.39, 0.29) is 17.7 Å². The third kappa shape index (κ3) is 5.66. The van der Waals surface area contributed by atoms with Gasteiger partial charge in [0.15, 0.2) is 0 Å². The molecule has 5 nitrogen and oxygen atoms in total. The normalized spacial score (nSPS) is 16.5. The van der Waals surface area contributed by atoms with Crippen LogP contribution < -0.4 is 0 Å². The molecule has 29 heavy (non-hydrogen) atoms. The van der Waals surface area contributed by atoms with Crippen molar-refractivity contribution in [2.24, 2.45) is 5.92 Å². The molecule has 1 aliphatic heterocycles. The van der Waals surface area contributed by atoms with Crippen LogP contribution in [0, 0.1) is 12.8 Å². The first-order valence-electron chi connectivity index (χ1n) is 10.6. The second-order valence-corrected chi connectivity index (χ2v) is 7.91. The fraction of sp³-hybridized carbons (Fsp3) is 0.458. The topological polar surface area (TPSA) is 53.5 Å². The van der Waals surface area contributed by atoms with Crippen LogP contribution in [0.2, 0.25) is 0 Å². The van der Waals surface area contributed by atoms with E-state index >= 15 is 0 Å². The fourth-order valence-electron chi connectivity index (χ4n) is 3.95. The van der Waals surface area contributed by atoms with E-state index in [0.29, 0.717) is 26.1 Å². The highest BCUT2D eigenvalue weighted by atomic mass is 16.2. The zero-order valence-electron chi connectivity index (χ0n) is 17.5. The number of pyridine rings is 1. The number of hydrogen-bond donors (Lipinski definition) is 0. The molecule has 2 heterocycles. The zero-order chi connectivity index (χ0) is 20.6. The van der Waals surface area contributed by atoms with E-state index in [1.165, 1.54) is 5.56 Å². The molecule has 1 atom stereocenters. The minimum absolute atomic E-state index is 0.131. The summed E-state index contributed by atoms with van der Waals surface area (Å²) in [6, 6.07) is 12.1. The highest BCUT2D eigenvalue weighted by Gasteiger charge is 2.31. The summed E-state index contributed by atoms with van der Waals surface area (Å²) in [6.07, 6.45) is 6.69. The van der Waals surface area contributed by atoms with Crippen LogP contribution >= 0.6 is 0 Å². The quantitative estimate of drug-likeness (QED) is 0.715. The van der Waals surface area contributed by atoms with Gasteiger partial charge in [0.2, 0.25) is 11.8 Å². The van der Waals surface area contributed by atoms with Gasteiger partial charge in [-0.2, -0.15) is 0 Å². The Balaban J connectivity index is 1.78. The molecular formula is C24H31N3O2. The van der Waals surface area contributed by atoms with Gasteiger partial charge in [0.1, 0.15) is 0 Å². The van der Waals surface area contributed by atoms with Crippen LogP contribution in [0.1, 0.15) is 49.3 Å². The monoisotopic (exact) mass is 393 g/mol. The maximum absolute atomic E-state index is 13.5. The van der Waals surface area contributed by atoms with E-state index in [9.17, 15) is 9.59 Å². The van der Waals surface area contributed by atoms with Gasteiger partial charge in [-0.1, -0.05) is 37.3 Å². The van der Waals surface area contributed by atoms with Gasteiger partial charge < -0.3 is 9.80 Å². The van der Waals surface area contributed by atoms with Gasteiger partial charge in [0.25, 0.3) is 0 Å². The summed E-state index contributed by atoms with van der Waals surface area (Å²) < 4.78 is 0. The second-order valence-electron chi connectivity index (χ2n) is 7.91. The summed E-state index contributed by atoms with van der Waals surface area (Å²) in [5.41, 5.74) is 3.35. The standard InChI is InChI=1S/C24H31N3O2/c1-3-8-23(28)26-14-7-12-22(18-26)24(29)27(16-20-10-6-13-25-15-20)17-21-11-5-4-9-19(21)2/h4-6,9-11,13,15,22H,3,7-8,12,14,16-18H2,1-2H3. The molecule has 0 aliphatic carbocycles. The van der Waals surface area contributed by atoms with Crippen molar-refractivity contribution in [2.45, 2.75) is 52.6 Å². The first-order chi connectivity index (χ1) is 14.1. The Morgan fingerprint density at radius 3 is 2.72 bits per heavy atom. The molecule has 1 aromatic heterocycles. The fourth-order valence-corrected chi connectivity index (χ4v) is 3.95.